The number of fused-ring (bicyclic) bond motifs is 1. The molecule has 0 saturated heterocycles. The molecule has 1 aliphatic heterocycles. The van der Waals surface area contributed by atoms with Crippen molar-refractivity contribution in [1.82, 2.24) is 10.3 Å². The molecule has 0 atom stereocenters. The average molecular weight is 345 g/mol. The van der Waals surface area contributed by atoms with E-state index in [1.54, 1.807) is 4.90 Å². The van der Waals surface area contributed by atoms with Crippen LogP contribution < -0.4 is 10.2 Å². The van der Waals surface area contributed by atoms with Crippen molar-refractivity contribution >= 4 is 29.3 Å². The molecule has 0 radical (unpaired) electrons. The molecular weight excluding hydrogens is 326 g/mol. The van der Waals surface area contributed by atoms with Crippen LogP contribution in [0.15, 0.2) is 39.8 Å². The highest BCUT2D eigenvalue weighted by atomic mass is 32.2. The summed E-state index contributed by atoms with van der Waals surface area (Å²) in [5, 5.41) is 2.83. The van der Waals surface area contributed by atoms with E-state index in [0.717, 1.165) is 10.6 Å². The predicted molar refractivity (Wildman–Crippen MR) is 92.1 cm³/mol. The topological polar surface area (TPSA) is 75.4 Å². The van der Waals surface area contributed by atoms with Gasteiger partial charge in [-0.1, -0.05) is 12.1 Å². The Balaban J connectivity index is 1.78. The first-order valence-electron chi connectivity index (χ1n) is 7.62. The molecule has 1 aromatic heterocycles. The Labute approximate surface area is 144 Å². The van der Waals surface area contributed by atoms with Crippen molar-refractivity contribution in [2.45, 2.75) is 37.8 Å². The van der Waals surface area contributed by atoms with Gasteiger partial charge < -0.3 is 14.6 Å². The molecule has 24 heavy (non-hydrogen) atoms. The number of rotatable bonds is 3. The highest BCUT2D eigenvalue weighted by molar-refractivity contribution is 8.00. The molecule has 1 aromatic carbocycles. The summed E-state index contributed by atoms with van der Waals surface area (Å²) < 4.78 is 5.39. The number of thioether (sulfide) groups is 1. The highest BCUT2D eigenvalue weighted by Crippen LogP contribution is 2.35. The van der Waals surface area contributed by atoms with Crippen LogP contribution in [0.2, 0.25) is 0 Å². The average Bonchev–Trinajstić information content (AvgIpc) is 2.97. The maximum atomic E-state index is 12.2. The van der Waals surface area contributed by atoms with Crippen molar-refractivity contribution in [2.24, 2.45) is 0 Å². The number of benzene rings is 1. The number of carbonyl (C=O) groups excluding carboxylic acids is 2. The lowest BCUT2D eigenvalue weighted by molar-refractivity contribution is -0.116. The summed E-state index contributed by atoms with van der Waals surface area (Å²) in [5.41, 5.74) is 0.708. The van der Waals surface area contributed by atoms with Crippen LogP contribution in [-0.4, -0.2) is 28.1 Å². The first-order valence-corrected chi connectivity index (χ1v) is 8.61. The second kappa shape index (κ2) is 6.32. The summed E-state index contributed by atoms with van der Waals surface area (Å²) in [6.45, 7) is 5.89. The van der Waals surface area contributed by atoms with Crippen LogP contribution in [0.25, 0.3) is 0 Å². The molecule has 0 spiro atoms. The standard InChI is InChI=1S/C17H19N3O3S/c1-17(2,3)19-16(22)11-9-23-14(18-11)8-20-12-6-4-5-7-13(12)24-10-15(20)21/h4-7,9H,8,10H2,1-3H3,(H,19,22). The van der Waals surface area contributed by atoms with E-state index in [-0.39, 0.29) is 29.6 Å². The molecule has 3 rings (SSSR count). The minimum absolute atomic E-state index is 0.00223. The summed E-state index contributed by atoms with van der Waals surface area (Å²) in [4.78, 5) is 31.3. The fourth-order valence-corrected chi connectivity index (χ4v) is 3.29. The molecule has 7 heteroatoms. The normalized spacial score (nSPS) is 14.5. The maximum Gasteiger partial charge on any atom is 0.273 e. The quantitative estimate of drug-likeness (QED) is 0.926. The molecule has 6 nitrogen and oxygen atoms in total. The molecule has 126 valence electrons. The van der Waals surface area contributed by atoms with Crippen molar-refractivity contribution in [1.29, 1.82) is 0 Å². The van der Waals surface area contributed by atoms with Crippen molar-refractivity contribution in [3.8, 4) is 0 Å². The smallest absolute Gasteiger partial charge is 0.273 e. The van der Waals surface area contributed by atoms with Gasteiger partial charge in [0.15, 0.2) is 5.69 Å². The van der Waals surface area contributed by atoms with Gasteiger partial charge in [0.25, 0.3) is 5.91 Å². The van der Waals surface area contributed by atoms with Gasteiger partial charge in [0.05, 0.1) is 11.4 Å². The Kier molecular flexibility index (Phi) is 4.36. The summed E-state index contributed by atoms with van der Waals surface area (Å²) in [5.74, 6) is 0.426. The van der Waals surface area contributed by atoms with Crippen LogP contribution in [0.4, 0.5) is 5.69 Å². The molecule has 0 unspecified atom stereocenters. The number of hydrogen-bond donors (Lipinski definition) is 1. The second-order valence-corrected chi connectivity index (χ2v) is 7.58. The van der Waals surface area contributed by atoms with E-state index in [0.29, 0.717) is 11.6 Å². The summed E-state index contributed by atoms with van der Waals surface area (Å²) in [6, 6.07) is 7.72. The van der Waals surface area contributed by atoms with Gasteiger partial charge in [-0.25, -0.2) is 4.98 Å². The third kappa shape index (κ3) is 3.62. The number of anilines is 1. The Morgan fingerprint density at radius 3 is 2.88 bits per heavy atom. The van der Waals surface area contributed by atoms with Crippen LogP contribution in [0, 0.1) is 0 Å². The van der Waals surface area contributed by atoms with Gasteiger partial charge in [0, 0.05) is 10.4 Å². The van der Waals surface area contributed by atoms with Gasteiger partial charge in [0.1, 0.15) is 12.8 Å². The first-order chi connectivity index (χ1) is 11.3. The SMILES string of the molecule is CC(C)(C)NC(=O)c1coc(CN2C(=O)CSc3ccccc32)n1. The van der Waals surface area contributed by atoms with Gasteiger partial charge in [-0.15, -0.1) is 11.8 Å². The number of nitrogens with zero attached hydrogens (tertiary/aromatic N) is 2. The number of hydrogen-bond acceptors (Lipinski definition) is 5. The summed E-state index contributed by atoms with van der Waals surface area (Å²) >= 11 is 1.52. The van der Waals surface area contributed by atoms with Crippen LogP contribution in [-0.2, 0) is 11.3 Å². The van der Waals surface area contributed by atoms with E-state index < -0.39 is 0 Å². The Morgan fingerprint density at radius 2 is 2.12 bits per heavy atom. The third-order valence-corrected chi connectivity index (χ3v) is 4.42. The van der Waals surface area contributed by atoms with E-state index in [1.807, 2.05) is 45.0 Å². The van der Waals surface area contributed by atoms with Gasteiger partial charge in [-0.2, -0.15) is 0 Å². The van der Waals surface area contributed by atoms with Crippen molar-refractivity contribution < 1.29 is 14.0 Å². The number of para-hydroxylation sites is 1. The Morgan fingerprint density at radius 1 is 1.38 bits per heavy atom. The summed E-state index contributed by atoms with van der Waals surface area (Å²) in [6.07, 6.45) is 1.32. The molecule has 2 amide bonds. The van der Waals surface area contributed by atoms with E-state index in [4.69, 9.17) is 4.42 Å². The molecule has 1 aliphatic rings. The lowest BCUT2D eigenvalue weighted by Gasteiger charge is -2.27. The second-order valence-electron chi connectivity index (χ2n) is 6.57. The van der Waals surface area contributed by atoms with Crippen LogP contribution in [0.1, 0.15) is 37.2 Å². The number of nitrogens with one attached hydrogen (secondary N) is 1. The number of carbonyl (C=O) groups is 2. The molecule has 0 aliphatic carbocycles. The molecule has 1 N–H and O–H groups in total. The van der Waals surface area contributed by atoms with Crippen LogP contribution in [0.3, 0.4) is 0 Å². The minimum Gasteiger partial charge on any atom is -0.446 e. The molecular formula is C17H19N3O3S. The predicted octanol–water partition coefficient (Wildman–Crippen LogP) is 2.84. The van der Waals surface area contributed by atoms with E-state index in [2.05, 4.69) is 10.3 Å². The van der Waals surface area contributed by atoms with Gasteiger partial charge in [-0.05, 0) is 32.9 Å². The Hall–Kier alpha value is -2.28. The molecule has 0 saturated carbocycles. The van der Waals surface area contributed by atoms with Crippen molar-refractivity contribution in [3.05, 3.63) is 42.1 Å². The molecule has 0 fully saturated rings. The van der Waals surface area contributed by atoms with Crippen LogP contribution in [0.5, 0.6) is 0 Å². The zero-order chi connectivity index (χ0) is 17.3. The number of oxazole rings is 1. The largest absolute Gasteiger partial charge is 0.446 e. The Bertz CT molecular complexity index is 779. The highest BCUT2D eigenvalue weighted by Gasteiger charge is 2.26. The first kappa shape index (κ1) is 16.6. The fraction of sp³-hybridized carbons (Fsp3) is 0.353. The van der Waals surface area contributed by atoms with E-state index in [1.165, 1.54) is 18.0 Å². The van der Waals surface area contributed by atoms with Gasteiger partial charge in [0.2, 0.25) is 11.8 Å². The van der Waals surface area contributed by atoms with Crippen LogP contribution >= 0.6 is 11.8 Å². The number of aromatic nitrogens is 1. The number of amides is 2. The fourth-order valence-electron chi connectivity index (χ4n) is 2.35. The maximum absolute atomic E-state index is 12.2. The van der Waals surface area contributed by atoms with Gasteiger partial charge in [-0.3, -0.25) is 9.59 Å². The zero-order valence-corrected chi connectivity index (χ0v) is 14.6. The lowest BCUT2D eigenvalue weighted by atomic mass is 10.1. The lowest BCUT2D eigenvalue weighted by Crippen LogP contribution is -2.40. The van der Waals surface area contributed by atoms with Crippen molar-refractivity contribution in [3.63, 3.8) is 0 Å². The van der Waals surface area contributed by atoms with Gasteiger partial charge >= 0.3 is 0 Å². The molecule has 2 heterocycles. The summed E-state index contributed by atoms with van der Waals surface area (Å²) in [7, 11) is 0. The monoisotopic (exact) mass is 345 g/mol. The molecule has 2 aromatic rings. The minimum atomic E-state index is -0.352. The molecule has 0 bridgehead atoms. The van der Waals surface area contributed by atoms with Crippen molar-refractivity contribution in [2.75, 3.05) is 10.7 Å². The van der Waals surface area contributed by atoms with E-state index in [9.17, 15) is 9.59 Å². The zero-order valence-electron chi connectivity index (χ0n) is 13.8. The third-order valence-electron chi connectivity index (χ3n) is 3.37. The van der Waals surface area contributed by atoms with E-state index >= 15 is 0 Å².